The maximum atomic E-state index is 14.6. The van der Waals surface area contributed by atoms with E-state index in [1.54, 1.807) is 12.1 Å². The van der Waals surface area contributed by atoms with Gasteiger partial charge in [0.2, 0.25) is 5.91 Å². The molecule has 0 saturated carbocycles. The Morgan fingerprint density at radius 2 is 2.03 bits per heavy atom. The van der Waals surface area contributed by atoms with Crippen LogP contribution in [0, 0.1) is 6.92 Å². The Morgan fingerprint density at radius 3 is 2.71 bits per heavy atom. The third kappa shape index (κ3) is 5.55. The van der Waals surface area contributed by atoms with Gasteiger partial charge in [-0.15, -0.1) is 0 Å². The number of alkyl halides is 2. The number of Topliss-reactive ketones (excluding diaryl/α,β-unsaturated/α-hetero) is 1. The van der Waals surface area contributed by atoms with E-state index < -0.39 is 24.5 Å². The smallest absolute Gasteiger partial charge is 0.302 e. The monoisotopic (exact) mass is 433 g/mol. The number of ketones is 1. The molecular weight excluding hydrogens is 408 g/mol. The summed E-state index contributed by atoms with van der Waals surface area (Å²) in [6, 6.07) is 8.58. The van der Waals surface area contributed by atoms with Crippen molar-refractivity contribution in [2.45, 2.75) is 38.2 Å². The SMILES string of the molecule is Cc1ccc(CC(=O)N2CC(Oc3cc(C(=O)CCCO)cnc3N)C(F)(F)C2)cc1. The molecule has 1 unspecified atom stereocenters. The highest BCUT2D eigenvalue weighted by atomic mass is 19.3. The summed E-state index contributed by atoms with van der Waals surface area (Å²) in [5.41, 5.74) is 7.69. The molecule has 2 heterocycles. The minimum absolute atomic E-state index is 0.0155. The molecule has 1 aromatic heterocycles. The predicted molar refractivity (Wildman–Crippen MR) is 110 cm³/mol. The molecule has 31 heavy (non-hydrogen) atoms. The number of rotatable bonds is 8. The standard InChI is InChI=1S/C22H25F2N3O4/c1-14-4-6-15(7-5-14)9-20(30)27-12-19(22(23,24)13-27)31-18-10-16(11-26-21(18)25)17(29)3-2-8-28/h4-7,10-11,19,28H,2-3,8-9,12-13H2,1H3,(H2,25,26). The Morgan fingerprint density at radius 1 is 1.32 bits per heavy atom. The Hall–Kier alpha value is -3.07. The van der Waals surface area contributed by atoms with Crippen molar-refractivity contribution >= 4 is 17.5 Å². The third-order valence-corrected chi connectivity index (χ3v) is 5.12. The van der Waals surface area contributed by atoms with Gasteiger partial charge in [-0.2, -0.15) is 0 Å². The number of carbonyl (C=O) groups is 2. The van der Waals surface area contributed by atoms with E-state index in [2.05, 4.69) is 4.98 Å². The van der Waals surface area contributed by atoms with Crippen molar-refractivity contribution in [1.82, 2.24) is 9.88 Å². The number of aromatic nitrogens is 1. The van der Waals surface area contributed by atoms with E-state index in [-0.39, 0.29) is 55.3 Å². The first kappa shape index (κ1) is 22.6. The van der Waals surface area contributed by atoms with Crippen LogP contribution in [0.15, 0.2) is 36.5 Å². The molecule has 0 aliphatic carbocycles. The van der Waals surface area contributed by atoms with Gasteiger partial charge in [-0.1, -0.05) is 29.8 Å². The number of carbonyl (C=O) groups excluding carboxylic acids is 2. The van der Waals surface area contributed by atoms with Gasteiger partial charge < -0.3 is 20.5 Å². The van der Waals surface area contributed by atoms with Gasteiger partial charge in [0.1, 0.15) is 0 Å². The van der Waals surface area contributed by atoms with Crippen LogP contribution in [0.25, 0.3) is 0 Å². The van der Waals surface area contributed by atoms with Crippen molar-refractivity contribution in [3.8, 4) is 5.75 Å². The van der Waals surface area contributed by atoms with E-state index in [9.17, 15) is 18.4 Å². The number of pyridine rings is 1. The van der Waals surface area contributed by atoms with Crippen LogP contribution >= 0.6 is 0 Å². The Labute approximate surface area is 178 Å². The van der Waals surface area contributed by atoms with Crippen LogP contribution in [0.4, 0.5) is 14.6 Å². The molecule has 3 rings (SSSR count). The molecule has 1 aliphatic rings. The maximum Gasteiger partial charge on any atom is 0.302 e. The maximum absolute atomic E-state index is 14.6. The fourth-order valence-electron chi connectivity index (χ4n) is 3.30. The van der Waals surface area contributed by atoms with Crippen LogP contribution in [0.2, 0.25) is 0 Å². The van der Waals surface area contributed by atoms with Crippen molar-refractivity contribution in [3.05, 3.63) is 53.2 Å². The first-order chi connectivity index (χ1) is 14.7. The van der Waals surface area contributed by atoms with Crippen molar-refractivity contribution in [3.63, 3.8) is 0 Å². The number of hydrogen-bond donors (Lipinski definition) is 2. The summed E-state index contributed by atoms with van der Waals surface area (Å²) in [7, 11) is 0. The van der Waals surface area contributed by atoms with Crippen LogP contribution in [-0.2, 0) is 11.2 Å². The van der Waals surface area contributed by atoms with Crippen LogP contribution < -0.4 is 10.5 Å². The van der Waals surface area contributed by atoms with Crippen molar-refractivity contribution in [1.29, 1.82) is 0 Å². The van der Waals surface area contributed by atoms with E-state index in [4.69, 9.17) is 15.6 Å². The number of ether oxygens (including phenoxy) is 1. The number of nitrogen functional groups attached to an aromatic ring is 1. The second-order valence-electron chi connectivity index (χ2n) is 7.66. The number of halogens is 2. The average Bonchev–Trinajstić information content (AvgIpc) is 3.03. The molecule has 1 aromatic carbocycles. The molecule has 9 heteroatoms. The topological polar surface area (TPSA) is 106 Å². The lowest BCUT2D eigenvalue weighted by atomic mass is 10.1. The molecule has 7 nitrogen and oxygen atoms in total. The molecule has 2 aromatic rings. The third-order valence-electron chi connectivity index (χ3n) is 5.12. The van der Waals surface area contributed by atoms with Gasteiger partial charge in [0.15, 0.2) is 23.5 Å². The highest BCUT2D eigenvalue weighted by Gasteiger charge is 2.51. The molecular formula is C22H25F2N3O4. The number of amides is 1. The number of aryl methyl sites for hydroxylation is 1. The normalized spacial score (nSPS) is 17.5. The van der Waals surface area contributed by atoms with Gasteiger partial charge in [0, 0.05) is 24.8 Å². The summed E-state index contributed by atoms with van der Waals surface area (Å²) in [5.74, 6) is -4.27. The zero-order valence-electron chi connectivity index (χ0n) is 17.2. The van der Waals surface area contributed by atoms with Crippen molar-refractivity contribution in [2.24, 2.45) is 0 Å². The van der Waals surface area contributed by atoms with Crippen LogP contribution in [0.1, 0.15) is 34.3 Å². The lowest BCUT2D eigenvalue weighted by molar-refractivity contribution is -0.131. The quantitative estimate of drug-likeness (QED) is 0.620. The molecule has 1 aliphatic heterocycles. The zero-order chi connectivity index (χ0) is 22.6. The van der Waals surface area contributed by atoms with Gasteiger partial charge in [-0.3, -0.25) is 9.59 Å². The fourth-order valence-corrected chi connectivity index (χ4v) is 3.30. The predicted octanol–water partition coefficient (Wildman–Crippen LogP) is 2.40. The summed E-state index contributed by atoms with van der Waals surface area (Å²) < 4.78 is 34.6. The second-order valence-corrected chi connectivity index (χ2v) is 7.66. The summed E-state index contributed by atoms with van der Waals surface area (Å²) in [4.78, 5) is 29.6. The Kier molecular flexibility index (Phi) is 6.84. The van der Waals surface area contributed by atoms with Crippen LogP contribution in [0.3, 0.4) is 0 Å². The second kappa shape index (κ2) is 9.38. The van der Waals surface area contributed by atoms with Crippen molar-refractivity contribution in [2.75, 3.05) is 25.4 Å². The van der Waals surface area contributed by atoms with Gasteiger partial charge in [0.25, 0.3) is 0 Å². The summed E-state index contributed by atoms with van der Waals surface area (Å²) in [5, 5.41) is 8.85. The zero-order valence-corrected chi connectivity index (χ0v) is 17.2. The van der Waals surface area contributed by atoms with Crippen LogP contribution in [-0.4, -0.2) is 58.4 Å². The summed E-state index contributed by atoms with van der Waals surface area (Å²) >= 11 is 0. The lowest BCUT2D eigenvalue weighted by Crippen LogP contribution is -2.36. The number of benzene rings is 1. The number of aliphatic hydroxyl groups is 1. The molecule has 1 saturated heterocycles. The Balaban J connectivity index is 1.69. The van der Waals surface area contributed by atoms with E-state index in [0.717, 1.165) is 16.0 Å². The van der Waals surface area contributed by atoms with Crippen molar-refractivity contribution < 1.29 is 28.2 Å². The van der Waals surface area contributed by atoms with Gasteiger partial charge in [0.05, 0.1) is 19.5 Å². The number of nitrogens with two attached hydrogens (primary N) is 1. The number of aliphatic hydroxyl groups excluding tert-OH is 1. The molecule has 1 atom stereocenters. The molecule has 0 radical (unpaired) electrons. The number of likely N-dealkylation sites (tertiary alicyclic amines) is 1. The number of nitrogens with zero attached hydrogens (tertiary/aromatic N) is 2. The molecule has 166 valence electrons. The van der Waals surface area contributed by atoms with Gasteiger partial charge in [-0.25, -0.2) is 13.8 Å². The Bertz CT molecular complexity index is 950. The molecule has 3 N–H and O–H groups in total. The molecule has 1 fully saturated rings. The highest BCUT2D eigenvalue weighted by Crippen LogP contribution is 2.33. The number of hydrogen-bond acceptors (Lipinski definition) is 6. The summed E-state index contributed by atoms with van der Waals surface area (Å²) in [6.07, 6.45) is 0.00948. The molecule has 0 bridgehead atoms. The first-order valence-corrected chi connectivity index (χ1v) is 9.97. The average molecular weight is 433 g/mol. The lowest BCUT2D eigenvalue weighted by Gasteiger charge is -2.20. The molecule has 1 amide bonds. The van der Waals surface area contributed by atoms with Crippen LogP contribution in [0.5, 0.6) is 5.75 Å². The fraction of sp³-hybridized carbons (Fsp3) is 0.409. The summed E-state index contributed by atoms with van der Waals surface area (Å²) in [6.45, 7) is 0.715. The van der Waals surface area contributed by atoms with Gasteiger partial charge >= 0.3 is 5.92 Å². The van der Waals surface area contributed by atoms with E-state index in [1.807, 2.05) is 19.1 Å². The highest BCUT2D eigenvalue weighted by molar-refractivity contribution is 5.96. The minimum atomic E-state index is -3.29. The molecule has 0 spiro atoms. The van der Waals surface area contributed by atoms with E-state index in [1.165, 1.54) is 12.3 Å². The first-order valence-electron chi connectivity index (χ1n) is 9.97. The van der Waals surface area contributed by atoms with E-state index >= 15 is 0 Å². The minimum Gasteiger partial charge on any atom is -0.478 e. The van der Waals surface area contributed by atoms with E-state index in [0.29, 0.717) is 0 Å². The van der Waals surface area contributed by atoms with Gasteiger partial charge in [-0.05, 0) is 25.0 Å². The largest absolute Gasteiger partial charge is 0.478 e. The number of anilines is 1.